The number of fused-ring (bicyclic) bond motifs is 1. The molecule has 0 spiro atoms. The molecule has 1 aliphatic heterocycles. The summed E-state index contributed by atoms with van der Waals surface area (Å²) in [4.78, 5) is 39.8. The van der Waals surface area contributed by atoms with Crippen molar-refractivity contribution in [2.75, 3.05) is 28.7 Å². The van der Waals surface area contributed by atoms with Gasteiger partial charge in [0.15, 0.2) is 0 Å². The Morgan fingerprint density at radius 3 is 2.33 bits per heavy atom. The first-order chi connectivity index (χ1) is 19.2. The predicted molar refractivity (Wildman–Crippen MR) is 152 cm³/mol. The number of rotatable bonds is 6. The van der Waals surface area contributed by atoms with Gasteiger partial charge in [0, 0.05) is 5.56 Å². The largest absolute Gasteiger partial charge is 0.490 e. The maximum Gasteiger partial charge on any atom is 0.414 e. The molecule has 40 heavy (non-hydrogen) atoms. The van der Waals surface area contributed by atoms with Crippen LogP contribution in [0.25, 0.3) is 0 Å². The fourth-order valence-corrected chi connectivity index (χ4v) is 4.39. The average molecular weight is 544 g/mol. The van der Waals surface area contributed by atoms with Crippen LogP contribution in [0, 0.1) is 0 Å². The normalized spacial score (nSPS) is 14.4. The van der Waals surface area contributed by atoms with Crippen LogP contribution in [-0.2, 0) is 16.1 Å². The second-order valence-electron chi connectivity index (χ2n) is 10.9. The predicted octanol–water partition coefficient (Wildman–Crippen LogP) is 6.70. The van der Waals surface area contributed by atoms with Crippen molar-refractivity contribution in [1.82, 2.24) is 0 Å². The molecule has 5 rings (SSSR count). The van der Waals surface area contributed by atoms with Crippen molar-refractivity contribution >= 4 is 35.2 Å². The average Bonchev–Trinajstić information content (AvgIpc) is 3.77. The van der Waals surface area contributed by atoms with Crippen LogP contribution in [0.3, 0.4) is 0 Å². The Bertz CT molecular complexity index is 1410. The number of benzene rings is 3. The van der Waals surface area contributed by atoms with E-state index in [1.807, 2.05) is 12.1 Å². The molecule has 1 heterocycles. The number of carbonyl (C=O) groups excluding carboxylic acids is 3. The molecule has 3 amide bonds. The van der Waals surface area contributed by atoms with E-state index in [9.17, 15) is 14.4 Å². The van der Waals surface area contributed by atoms with Crippen LogP contribution in [0.15, 0.2) is 66.7 Å². The van der Waals surface area contributed by atoms with Crippen molar-refractivity contribution in [3.63, 3.8) is 0 Å². The lowest BCUT2D eigenvalue weighted by Crippen LogP contribution is -2.38. The molecule has 0 radical (unpaired) electrons. The lowest BCUT2D eigenvalue weighted by molar-refractivity contribution is 0.0635. The summed E-state index contributed by atoms with van der Waals surface area (Å²) in [5, 5.41) is 5.49. The molecule has 208 valence electrons. The summed E-state index contributed by atoms with van der Waals surface area (Å²) in [5.74, 6) is 0.682. The molecular formula is C31H33N3O6. The first-order valence-corrected chi connectivity index (χ1v) is 13.4. The van der Waals surface area contributed by atoms with Gasteiger partial charge in [0.2, 0.25) is 0 Å². The SMILES string of the molecule is CC(C)(C)OC(=O)Nc1ccccc1NC(=O)c1ccc2c(c1)OCCN2C(=O)OCc1ccc(C2CC2)cc1. The van der Waals surface area contributed by atoms with Crippen LogP contribution in [0.2, 0.25) is 0 Å². The number of ether oxygens (including phenoxy) is 3. The van der Waals surface area contributed by atoms with E-state index in [2.05, 4.69) is 22.8 Å². The van der Waals surface area contributed by atoms with Gasteiger partial charge in [0.25, 0.3) is 5.91 Å². The smallest absolute Gasteiger partial charge is 0.414 e. The second kappa shape index (κ2) is 11.3. The van der Waals surface area contributed by atoms with E-state index in [-0.39, 0.29) is 13.2 Å². The molecule has 0 saturated heterocycles. The minimum atomic E-state index is -0.660. The molecule has 0 aromatic heterocycles. The third-order valence-electron chi connectivity index (χ3n) is 6.51. The van der Waals surface area contributed by atoms with E-state index in [1.54, 1.807) is 63.2 Å². The van der Waals surface area contributed by atoms with Crippen molar-refractivity contribution in [2.24, 2.45) is 0 Å². The fraction of sp³-hybridized carbons (Fsp3) is 0.323. The summed E-state index contributed by atoms with van der Waals surface area (Å²) in [7, 11) is 0. The standard InChI is InChI=1S/C31H33N3O6/c1-31(2,3)40-29(36)33-25-7-5-4-6-24(25)32-28(35)23-14-15-26-27(18-23)38-17-16-34(26)30(37)39-19-20-8-10-21(11-9-20)22-12-13-22/h4-11,14-15,18,22H,12-13,16-17,19H2,1-3H3,(H,32,35)(H,33,36). The minimum Gasteiger partial charge on any atom is -0.490 e. The summed E-state index contributed by atoms with van der Waals surface area (Å²) < 4.78 is 16.7. The third-order valence-corrected chi connectivity index (χ3v) is 6.51. The Morgan fingerprint density at radius 1 is 0.950 bits per heavy atom. The zero-order valence-electron chi connectivity index (χ0n) is 22.9. The minimum absolute atomic E-state index is 0.174. The molecule has 0 unspecified atom stereocenters. The van der Waals surface area contributed by atoms with Gasteiger partial charge in [-0.3, -0.25) is 15.0 Å². The highest BCUT2D eigenvalue weighted by Crippen LogP contribution is 2.40. The van der Waals surface area contributed by atoms with Crippen molar-refractivity contribution in [1.29, 1.82) is 0 Å². The van der Waals surface area contributed by atoms with E-state index in [4.69, 9.17) is 14.2 Å². The number of carbonyl (C=O) groups is 3. The molecule has 1 saturated carbocycles. The van der Waals surface area contributed by atoms with Gasteiger partial charge in [0.05, 0.1) is 23.6 Å². The van der Waals surface area contributed by atoms with E-state index in [0.29, 0.717) is 40.8 Å². The Balaban J connectivity index is 1.23. The van der Waals surface area contributed by atoms with Gasteiger partial charge in [-0.1, -0.05) is 36.4 Å². The monoisotopic (exact) mass is 543 g/mol. The van der Waals surface area contributed by atoms with Crippen LogP contribution >= 0.6 is 0 Å². The zero-order chi connectivity index (χ0) is 28.3. The number of nitrogens with one attached hydrogen (secondary N) is 2. The third kappa shape index (κ3) is 6.72. The highest BCUT2D eigenvalue weighted by atomic mass is 16.6. The van der Waals surface area contributed by atoms with Crippen LogP contribution in [0.5, 0.6) is 5.75 Å². The van der Waals surface area contributed by atoms with Crippen molar-refractivity contribution < 1.29 is 28.6 Å². The number of hydrogen-bond donors (Lipinski definition) is 2. The summed E-state index contributed by atoms with van der Waals surface area (Å²) in [6.07, 6.45) is 1.38. The van der Waals surface area contributed by atoms with Crippen molar-refractivity contribution in [2.45, 2.75) is 51.7 Å². The Morgan fingerprint density at radius 2 is 1.65 bits per heavy atom. The second-order valence-corrected chi connectivity index (χ2v) is 10.9. The van der Waals surface area contributed by atoms with Gasteiger partial charge >= 0.3 is 12.2 Å². The Labute approximate surface area is 233 Å². The van der Waals surface area contributed by atoms with E-state index in [0.717, 1.165) is 5.56 Å². The molecule has 2 N–H and O–H groups in total. The number of amides is 3. The number of hydrogen-bond acceptors (Lipinski definition) is 6. The van der Waals surface area contributed by atoms with E-state index >= 15 is 0 Å². The molecule has 3 aromatic carbocycles. The van der Waals surface area contributed by atoms with Gasteiger partial charge in [-0.2, -0.15) is 0 Å². The van der Waals surface area contributed by atoms with Crippen molar-refractivity contribution in [3.05, 3.63) is 83.4 Å². The summed E-state index contributed by atoms with van der Waals surface area (Å²) >= 11 is 0. The topological polar surface area (TPSA) is 106 Å². The molecule has 3 aromatic rings. The van der Waals surface area contributed by atoms with Gasteiger partial charge in [0.1, 0.15) is 24.6 Å². The summed E-state index contributed by atoms with van der Waals surface area (Å²) in [5.41, 5.74) is 3.27. The quantitative estimate of drug-likeness (QED) is 0.358. The van der Waals surface area contributed by atoms with Crippen LogP contribution in [0.1, 0.15) is 61.0 Å². The first-order valence-electron chi connectivity index (χ1n) is 13.4. The maximum atomic E-state index is 13.1. The van der Waals surface area contributed by atoms with Crippen LogP contribution in [0.4, 0.5) is 26.7 Å². The van der Waals surface area contributed by atoms with Gasteiger partial charge < -0.3 is 19.5 Å². The maximum absolute atomic E-state index is 13.1. The summed E-state index contributed by atoms with van der Waals surface area (Å²) in [6.45, 7) is 6.09. The molecule has 1 aliphatic carbocycles. The number of anilines is 3. The fourth-order valence-electron chi connectivity index (χ4n) is 4.39. The van der Waals surface area contributed by atoms with E-state index < -0.39 is 23.7 Å². The van der Waals surface area contributed by atoms with Gasteiger partial charge in [-0.15, -0.1) is 0 Å². The Hall–Kier alpha value is -4.53. The lowest BCUT2D eigenvalue weighted by Gasteiger charge is -2.29. The molecule has 9 heteroatoms. The molecule has 1 fully saturated rings. The lowest BCUT2D eigenvalue weighted by atomic mass is 10.1. The first kappa shape index (κ1) is 27.1. The number of nitrogens with zero attached hydrogens (tertiary/aromatic N) is 1. The highest BCUT2D eigenvalue weighted by Gasteiger charge is 2.27. The molecule has 0 bridgehead atoms. The molecule has 9 nitrogen and oxygen atoms in total. The molecule has 2 aliphatic rings. The highest BCUT2D eigenvalue weighted by molar-refractivity contribution is 6.07. The molecular weight excluding hydrogens is 510 g/mol. The van der Waals surface area contributed by atoms with E-state index in [1.165, 1.54) is 23.3 Å². The van der Waals surface area contributed by atoms with Gasteiger partial charge in [-0.05, 0) is 81.0 Å². The van der Waals surface area contributed by atoms with Crippen LogP contribution in [-0.4, -0.2) is 36.8 Å². The zero-order valence-corrected chi connectivity index (χ0v) is 22.9. The molecule has 0 atom stereocenters. The van der Waals surface area contributed by atoms with Crippen molar-refractivity contribution in [3.8, 4) is 5.75 Å². The van der Waals surface area contributed by atoms with Crippen LogP contribution < -0.4 is 20.3 Å². The Kier molecular flexibility index (Phi) is 7.64. The van der Waals surface area contributed by atoms with Gasteiger partial charge in [-0.25, -0.2) is 9.59 Å². The summed E-state index contributed by atoms with van der Waals surface area (Å²) in [6, 6.07) is 19.9. The number of para-hydroxylation sites is 2.